The van der Waals surface area contributed by atoms with E-state index >= 15 is 0 Å². The van der Waals surface area contributed by atoms with Crippen LogP contribution in [0.25, 0.3) is 0 Å². The maximum Gasteiger partial charge on any atom is 0.226 e. The van der Waals surface area contributed by atoms with Gasteiger partial charge in [0, 0.05) is 33.2 Å². The van der Waals surface area contributed by atoms with E-state index in [4.69, 9.17) is 4.74 Å². The molecule has 1 aliphatic heterocycles. The monoisotopic (exact) mass is 306 g/mol. The molecule has 1 fully saturated rings. The maximum atomic E-state index is 12.2. The minimum absolute atomic E-state index is 0.0694. The van der Waals surface area contributed by atoms with Gasteiger partial charge in [-0.2, -0.15) is 0 Å². The Bertz CT molecular complexity index is 496. The van der Waals surface area contributed by atoms with Crippen LogP contribution >= 0.6 is 0 Å². The summed E-state index contributed by atoms with van der Waals surface area (Å²) in [4.78, 5) is 16.3. The number of ether oxygens (including phenoxy) is 1. The fourth-order valence-corrected chi connectivity index (χ4v) is 2.86. The summed E-state index contributed by atoms with van der Waals surface area (Å²) >= 11 is 0. The van der Waals surface area contributed by atoms with Gasteiger partial charge in [0.25, 0.3) is 0 Å². The highest BCUT2D eigenvalue weighted by molar-refractivity contribution is 5.78. The third kappa shape index (κ3) is 5.00. The molecule has 1 amide bonds. The minimum Gasteiger partial charge on any atom is -0.508 e. The van der Waals surface area contributed by atoms with Crippen molar-refractivity contribution in [3.63, 3.8) is 0 Å². The summed E-state index contributed by atoms with van der Waals surface area (Å²) in [6, 6.07) is 6.86. The number of phenolic OH excluding ortho intramolecular Hbond substituents is 1. The van der Waals surface area contributed by atoms with E-state index in [-0.39, 0.29) is 23.9 Å². The Hall–Kier alpha value is -1.59. The number of carbonyl (C=O) groups excluding carboxylic acids is 1. The van der Waals surface area contributed by atoms with Crippen LogP contribution in [0.4, 0.5) is 0 Å². The predicted octanol–water partition coefficient (Wildman–Crippen LogP) is 1.50. The van der Waals surface area contributed by atoms with Gasteiger partial charge in [0.15, 0.2) is 0 Å². The van der Waals surface area contributed by atoms with E-state index in [1.807, 2.05) is 13.1 Å². The van der Waals surface area contributed by atoms with Gasteiger partial charge in [-0.05, 0) is 31.5 Å². The molecule has 2 rings (SSSR count). The Labute approximate surface area is 132 Å². The van der Waals surface area contributed by atoms with Gasteiger partial charge < -0.3 is 14.7 Å². The Morgan fingerprint density at radius 1 is 1.36 bits per heavy atom. The number of amides is 1. The lowest BCUT2D eigenvalue weighted by atomic mass is 10.1. The molecule has 0 bridgehead atoms. The topological polar surface area (TPSA) is 53.0 Å². The first-order valence-corrected chi connectivity index (χ1v) is 7.83. The first-order valence-electron chi connectivity index (χ1n) is 7.83. The minimum atomic E-state index is 0.0694. The molecule has 22 heavy (non-hydrogen) atoms. The largest absolute Gasteiger partial charge is 0.508 e. The number of likely N-dealkylation sites (N-methyl/N-ethyl adjacent to an activating group) is 1. The number of phenols is 1. The van der Waals surface area contributed by atoms with Gasteiger partial charge in [-0.15, -0.1) is 0 Å². The standard InChI is InChI=1S/C17H26N2O3/c1-13-11-19(12-14(2)22-13)8-7-18(3)17(21)10-15-5-4-6-16(20)9-15/h4-6,9,13-14,20H,7-8,10-12H2,1-3H3/t13-,14+. The van der Waals surface area contributed by atoms with E-state index < -0.39 is 0 Å². The van der Waals surface area contributed by atoms with Gasteiger partial charge in [-0.3, -0.25) is 9.69 Å². The van der Waals surface area contributed by atoms with Crippen molar-refractivity contribution in [2.45, 2.75) is 32.5 Å². The van der Waals surface area contributed by atoms with E-state index in [1.165, 1.54) is 0 Å². The van der Waals surface area contributed by atoms with Crippen molar-refractivity contribution < 1.29 is 14.6 Å². The van der Waals surface area contributed by atoms with Crippen molar-refractivity contribution >= 4 is 5.91 Å². The number of nitrogens with zero attached hydrogens (tertiary/aromatic N) is 2. The molecule has 5 nitrogen and oxygen atoms in total. The van der Waals surface area contributed by atoms with E-state index in [1.54, 1.807) is 23.1 Å². The first kappa shape index (κ1) is 16.8. The van der Waals surface area contributed by atoms with Crippen LogP contribution in [0.5, 0.6) is 5.75 Å². The third-order valence-corrected chi connectivity index (χ3v) is 3.94. The molecule has 1 aliphatic rings. The lowest BCUT2D eigenvalue weighted by Gasteiger charge is -2.36. The number of carbonyl (C=O) groups is 1. The van der Waals surface area contributed by atoms with E-state index in [0.717, 1.165) is 25.2 Å². The molecule has 0 unspecified atom stereocenters. The van der Waals surface area contributed by atoms with Crippen molar-refractivity contribution in [2.75, 3.05) is 33.2 Å². The molecule has 0 saturated carbocycles. The van der Waals surface area contributed by atoms with Crippen molar-refractivity contribution in [1.29, 1.82) is 0 Å². The zero-order chi connectivity index (χ0) is 16.1. The Balaban J connectivity index is 1.79. The van der Waals surface area contributed by atoms with Crippen LogP contribution < -0.4 is 0 Å². The van der Waals surface area contributed by atoms with Crippen molar-refractivity contribution in [3.8, 4) is 5.75 Å². The van der Waals surface area contributed by atoms with Gasteiger partial charge in [-0.25, -0.2) is 0 Å². The molecule has 0 spiro atoms. The summed E-state index contributed by atoms with van der Waals surface area (Å²) in [6.45, 7) is 7.56. The van der Waals surface area contributed by atoms with Crippen molar-refractivity contribution in [3.05, 3.63) is 29.8 Å². The second-order valence-corrected chi connectivity index (χ2v) is 6.18. The van der Waals surface area contributed by atoms with Crippen LogP contribution in [0.1, 0.15) is 19.4 Å². The summed E-state index contributed by atoms with van der Waals surface area (Å²) in [5.74, 6) is 0.268. The van der Waals surface area contributed by atoms with E-state index in [0.29, 0.717) is 13.0 Å². The molecule has 1 saturated heterocycles. The Kier molecular flexibility index (Phi) is 5.80. The van der Waals surface area contributed by atoms with Gasteiger partial charge in [0.2, 0.25) is 5.91 Å². The summed E-state index contributed by atoms with van der Waals surface area (Å²) in [6.07, 6.45) is 0.815. The van der Waals surface area contributed by atoms with Gasteiger partial charge >= 0.3 is 0 Å². The summed E-state index contributed by atoms with van der Waals surface area (Å²) in [7, 11) is 1.83. The molecular weight excluding hydrogens is 280 g/mol. The molecular formula is C17H26N2O3. The van der Waals surface area contributed by atoms with Crippen molar-refractivity contribution in [2.24, 2.45) is 0 Å². The molecule has 1 N–H and O–H groups in total. The second kappa shape index (κ2) is 7.61. The van der Waals surface area contributed by atoms with Crippen LogP contribution in [0, 0.1) is 0 Å². The molecule has 0 radical (unpaired) electrons. The quantitative estimate of drug-likeness (QED) is 0.896. The van der Waals surface area contributed by atoms with Crippen LogP contribution in [0.2, 0.25) is 0 Å². The Morgan fingerprint density at radius 2 is 2.05 bits per heavy atom. The normalized spacial score (nSPS) is 22.5. The fraction of sp³-hybridized carbons (Fsp3) is 0.588. The Morgan fingerprint density at radius 3 is 2.68 bits per heavy atom. The van der Waals surface area contributed by atoms with Gasteiger partial charge in [0.1, 0.15) is 5.75 Å². The van der Waals surface area contributed by atoms with Crippen LogP contribution in [-0.2, 0) is 16.0 Å². The van der Waals surface area contributed by atoms with E-state index in [9.17, 15) is 9.90 Å². The summed E-state index contributed by atoms with van der Waals surface area (Å²) < 4.78 is 5.71. The number of benzene rings is 1. The lowest BCUT2D eigenvalue weighted by Crippen LogP contribution is -2.48. The summed E-state index contributed by atoms with van der Waals surface area (Å²) in [5.41, 5.74) is 0.838. The fourth-order valence-electron chi connectivity index (χ4n) is 2.86. The molecule has 5 heteroatoms. The highest BCUT2D eigenvalue weighted by Crippen LogP contribution is 2.13. The van der Waals surface area contributed by atoms with Crippen LogP contribution in [0.3, 0.4) is 0 Å². The van der Waals surface area contributed by atoms with Crippen molar-refractivity contribution in [1.82, 2.24) is 9.80 Å². The van der Waals surface area contributed by atoms with Gasteiger partial charge in [-0.1, -0.05) is 12.1 Å². The number of rotatable bonds is 5. The molecule has 0 aromatic heterocycles. The first-order chi connectivity index (χ1) is 10.4. The number of aromatic hydroxyl groups is 1. The summed E-state index contributed by atoms with van der Waals surface area (Å²) in [5, 5.41) is 9.44. The molecule has 122 valence electrons. The highest BCUT2D eigenvalue weighted by atomic mass is 16.5. The predicted molar refractivity (Wildman–Crippen MR) is 85.9 cm³/mol. The van der Waals surface area contributed by atoms with Crippen LogP contribution in [0.15, 0.2) is 24.3 Å². The number of hydrogen-bond donors (Lipinski definition) is 1. The smallest absolute Gasteiger partial charge is 0.226 e. The zero-order valence-electron chi connectivity index (χ0n) is 13.7. The average Bonchev–Trinajstić information content (AvgIpc) is 2.43. The maximum absolute atomic E-state index is 12.2. The number of morpholine rings is 1. The van der Waals surface area contributed by atoms with Gasteiger partial charge in [0.05, 0.1) is 18.6 Å². The zero-order valence-corrected chi connectivity index (χ0v) is 13.7. The average molecular weight is 306 g/mol. The lowest BCUT2D eigenvalue weighted by molar-refractivity contribution is -0.129. The molecule has 0 aliphatic carbocycles. The second-order valence-electron chi connectivity index (χ2n) is 6.18. The third-order valence-electron chi connectivity index (χ3n) is 3.94. The molecule has 1 heterocycles. The molecule has 2 atom stereocenters. The SMILES string of the molecule is C[C@@H]1CN(CCN(C)C(=O)Cc2cccc(O)c2)C[C@H](C)O1. The van der Waals surface area contributed by atoms with E-state index in [2.05, 4.69) is 18.7 Å². The van der Waals surface area contributed by atoms with Crippen LogP contribution in [-0.4, -0.2) is 66.2 Å². The molecule has 1 aromatic rings. The number of hydrogen-bond acceptors (Lipinski definition) is 4. The highest BCUT2D eigenvalue weighted by Gasteiger charge is 2.22. The molecule has 1 aromatic carbocycles.